The summed E-state index contributed by atoms with van der Waals surface area (Å²) in [5.74, 6) is 0.216. The molecule has 1 saturated heterocycles. The zero-order valence-electron chi connectivity index (χ0n) is 24.3. The molecule has 3 heterocycles. The monoisotopic (exact) mass is 573 g/mol. The molecule has 0 unspecified atom stereocenters. The van der Waals surface area contributed by atoms with E-state index in [1.165, 1.54) is 0 Å². The first-order valence-electron chi connectivity index (χ1n) is 14.7. The fourth-order valence-electron chi connectivity index (χ4n) is 6.23. The van der Waals surface area contributed by atoms with Crippen LogP contribution in [0.3, 0.4) is 0 Å². The number of hydrogen-bond acceptors (Lipinski definition) is 7. The molecule has 5 rings (SSSR count). The van der Waals surface area contributed by atoms with Crippen LogP contribution in [0.5, 0.6) is 17.2 Å². The van der Waals surface area contributed by atoms with Crippen molar-refractivity contribution in [3.8, 4) is 17.2 Å². The van der Waals surface area contributed by atoms with Crippen molar-refractivity contribution in [2.45, 2.75) is 51.0 Å². The molecule has 3 aromatic rings. The van der Waals surface area contributed by atoms with Crippen molar-refractivity contribution in [1.29, 1.82) is 0 Å². The number of unbranched alkanes of at least 4 members (excludes halogenated alkanes) is 1. The van der Waals surface area contributed by atoms with E-state index in [2.05, 4.69) is 16.8 Å². The Morgan fingerprint density at radius 3 is 2.69 bits per heavy atom. The molecular formula is C33H39N3O6. The molecule has 0 radical (unpaired) electrons. The van der Waals surface area contributed by atoms with E-state index in [1.54, 1.807) is 24.4 Å². The summed E-state index contributed by atoms with van der Waals surface area (Å²) in [6.07, 6.45) is 7.35. The van der Waals surface area contributed by atoms with E-state index in [0.717, 1.165) is 48.2 Å². The number of carboxylic acid groups (broad SMARTS) is 1. The van der Waals surface area contributed by atoms with E-state index in [-0.39, 0.29) is 31.2 Å². The lowest BCUT2D eigenvalue weighted by Gasteiger charge is -2.29. The number of likely N-dealkylation sites (tertiary alicyclic amines) is 1. The molecule has 0 saturated carbocycles. The first kappa shape index (κ1) is 29.4. The minimum Gasteiger partial charge on any atom is -0.496 e. The molecule has 2 aliphatic rings. The van der Waals surface area contributed by atoms with Gasteiger partial charge in [-0.25, -0.2) is 0 Å². The predicted molar refractivity (Wildman–Crippen MR) is 159 cm³/mol. The maximum absolute atomic E-state index is 13.9. The zero-order chi connectivity index (χ0) is 29.5. The Morgan fingerprint density at radius 2 is 1.93 bits per heavy atom. The van der Waals surface area contributed by atoms with Crippen LogP contribution in [-0.4, -0.2) is 66.4 Å². The number of aliphatic carboxylic acids is 1. The van der Waals surface area contributed by atoms with Crippen LogP contribution in [0.25, 0.3) is 0 Å². The van der Waals surface area contributed by atoms with Crippen LogP contribution in [0.15, 0.2) is 67.0 Å². The lowest BCUT2D eigenvalue weighted by Crippen LogP contribution is -2.44. The summed E-state index contributed by atoms with van der Waals surface area (Å²) in [5, 5.41) is 10.6. The maximum atomic E-state index is 13.9. The smallest absolute Gasteiger partial charge is 0.308 e. The number of carbonyl (C=O) groups is 2. The van der Waals surface area contributed by atoms with E-state index in [0.29, 0.717) is 31.0 Å². The third kappa shape index (κ3) is 6.51. The number of aromatic nitrogens is 1. The van der Waals surface area contributed by atoms with Gasteiger partial charge < -0.3 is 24.2 Å². The molecule has 0 bridgehead atoms. The van der Waals surface area contributed by atoms with Gasteiger partial charge in [0.05, 0.1) is 31.5 Å². The SMILES string of the molecule is CCCCN(C(=O)CN1C[C@H](c2ccc3c(c2)OCO3)[C@@H](C(=O)O)[C@@H]1CCCc1ccccc1OC)c1cccnc1. The maximum Gasteiger partial charge on any atom is 0.308 e. The second-order valence-electron chi connectivity index (χ2n) is 10.9. The number of rotatable bonds is 13. The number of nitrogens with zero attached hydrogens (tertiary/aromatic N) is 3. The number of hydrogen-bond donors (Lipinski definition) is 1. The second kappa shape index (κ2) is 13.7. The Balaban J connectivity index is 1.41. The van der Waals surface area contributed by atoms with Gasteiger partial charge >= 0.3 is 5.97 Å². The van der Waals surface area contributed by atoms with Gasteiger partial charge in [-0.3, -0.25) is 19.5 Å². The second-order valence-corrected chi connectivity index (χ2v) is 10.9. The number of ether oxygens (including phenoxy) is 3. The predicted octanol–water partition coefficient (Wildman–Crippen LogP) is 5.14. The van der Waals surface area contributed by atoms with Crippen molar-refractivity contribution in [3.63, 3.8) is 0 Å². The van der Waals surface area contributed by atoms with Crippen molar-refractivity contribution in [3.05, 3.63) is 78.1 Å². The van der Waals surface area contributed by atoms with Crippen molar-refractivity contribution < 1.29 is 28.9 Å². The van der Waals surface area contributed by atoms with Gasteiger partial charge in [-0.05, 0) is 67.1 Å². The molecule has 0 spiro atoms. The standard InChI is InChI=1S/C33H39N3O6/c1-3-4-17-36(25-11-8-16-34-19-25)31(37)21-35-20-26(24-14-15-29-30(18-24)42-22-41-29)32(33(38)39)27(35)12-7-10-23-9-5-6-13-28(23)40-2/h5-6,8-9,11,13-16,18-19,26-27,32H,3-4,7,10,12,17,20-22H2,1-2H3,(H,38,39)/t26-,27+,32-/m1/s1. The lowest BCUT2D eigenvalue weighted by atomic mass is 9.83. The fourth-order valence-corrected chi connectivity index (χ4v) is 6.23. The summed E-state index contributed by atoms with van der Waals surface area (Å²) in [5.41, 5.74) is 2.72. The van der Waals surface area contributed by atoms with Crippen LogP contribution < -0.4 is 19.1 Å². The molecule has 1 amide bonds. The topological polar surface area (TPSA) is 101 Å². The van der Waals surface area contributed by atoms with Gasteiger partial charge in [-0.1, -0.05) is 37.6 Å². The van der Waals surface area contributed by atoms with Crippen molar-refractivity contribution in [2.24, 2.45) is 5.92 Å². The number of methoxy groups -OCH3 is 1. The molecule has 9 heteroatoms. The fraction of sp³-hybridized carbons (Fsp3) is 0.424. The number of benzene rings is 2. The highest BCUT2D eigenvalue weighted by Gasteiger charge is 2.47. The highest BCUT2D eigenvalue weighted by molar-refractivity contribution is 5.94. The minimum absolute atomic E-state index is 0.0540. The Bertz CT molecular complexity index is 1370. The Kier molecular flexibility index (Phi) is 9.59. The first-order valence-corrected chi connectivity index (χ1v) is 14.7. The quantitative estimate of drug-likeness (QED) is 0.300. The summed E-state index contributed by atoms with van der Waals surface area (Å²) >= 11 is 0. The average molecular weight is 574 g/mol. The number of anilines is 1. The van der Waals surface area contributed by atoms with Crippen LogP contribution >= 0.6 is 0 Å². The molecule has 42 heavy (non-hydrogen) atoms. The largest absolute Gasteiger partial charge is 0.496 e. The van der Waals surface area contributed by atoms with Crippen LogP contribution in [0.2, 0.25) is 0 Å². The van der Waals surface area contributed by atoms with Crippen LogP contribution in [0.4, 0.5) is 5.69 Å². The van der Waals surface area contributed by atoms with Gasteiger partial charge in [0.1, 0.15) is 5.75 Å². The van der Waals surface area contributed by atoms with Crippen LogP contribution in [0.1, 0.15) is 49.7 Å². The van der Waals surface area contributed by atoms with E-state index in [4.69, 9.17) is 14.2 Å². The number of aryl methyl sites for hydroxylation is 1. The van der Waals surface area contributed by atoms with Gasteiger partial charge in [-0.2, -0.15) is 0 Å². The molecular weight excluding hydrogens is 534 g/mol. The van der Waals surface area contributed by atoms with E-state index in [1.807, 2.05) is 54.6 Å². The van der Waals surface area contributed by atoms with Gasteiger partial charge in [0.25, 0.3) is 0 Å². The first-order chi connectivity index (χ1) is 20.5. The summed E-state index contributed by atoms with van der Waals surface area (Å²) in [6.45, 7) is 3.41. The van der Waals surface area contributed by atoms with E-state index >= 15 is 0 Å². The molecule has 0 aliphatic carbocycles. The highest BCUT2D eigenvalue weighted by Crippen LogP contribution is 2.43. The number of para-hydroxylation sites is 1. The Hall–Kier alpha value is -4.11. The third-order valence-corrected chi connectivity index (χ3v) is 8.33. The third-order valence-electron chi connectivity index (χ3n) is 8.33. The summed E-state index contributed by atoms with van der Waals surface area (Å²) < 4.78 is 16.6. The number of pyridine rings is 1. The molecule has 1 aromatic heterocycles. The molecule has 2 aromatic carbocycles. The van der Waals surface area contributed by atoms with Crippen LogP contribution in [-0.2, 0) is 16.0 Å². The normalized spacial score (nSPS) is 19.5. The van der Waals surface area contributed by atoms with Gasteiger partial charge in [0, 0.05) is 31.2 Å². The average Bonchev–Trinajstić information content (AvgIpc) is 3.62. The van der Waals surface area contributed by atoms with Gasteiger partial charge in [-0.15, -0.1) is 0 Å². The molecule has 2 aliphatic heterocycles. The lowest BCUT2D eigenvalue weighted by molar-refractivity contribution is -0.143. The highest BCUT2D eigenvalue weighted by atomic mass is 16.7. The number of carboxylic acids is 1. The zero-order valence-corrected chi connectivity index (χ0v) is 24.3. The summed E-state index contributed by atoms with van der Waals surface area (Å²) in [4.78, 5) is 34.8. The number of carbonyl (C=O) groups excluding carboxylic acids is 1. The Morgan fingerprint density at radius 1 is 1.10 bits per heavy atom. The number of amides is 1. The minimum atomic E-state index is -0.856. The van der Waals surface area contributed by atoms with E-state index in [9.17, 15) is 14.7 Å². The number of fused-ring (bicyclic) bond motifs is 1. The van der Waals surface area contributed by atoms with Crippen molar-refractivity contribution in [1.82, 2.24) is 9.88 Å². The van der Waals surface area contributed by atoms with Crippen molar-refractivity contribution in [2.75, 3.05) is 38.4 Å². The Labute approximate surface area is 247 Å². The molecule has 3 atom stereocenters. The van der Waals surface area contributed by atoms with Gasteiger partial charge in [0.15, 0.2) is 11.5 Å². The molecule has 1 N–H and O–H groups in total. The van der Waals surface area contributed by atoms with Gasteiger partial charge in [0.2, 0.25) is 12.7 Å². The van der Waals surface area contributed by atoms with E-state index < -0.39 is 11.9 Å². The summed E-state index contributed by atoms with van der Waals surface area (Å²) in [6, 6.07) is 17.0. The van der Waals surface area contributed by atoms with Crippen LogP contribution in [0, 0.1) is 5.92 Å². The molecule has 222 valence electrons. The molecule has 1 fully saturated rings. The molecule has 9 nitrogen and oxygen atoms in total. The summed E-state index contributed by atoms with van der Waals surface area (Å²) in [7, 11) is 1.66. The van der Waals surface area contributed by atoms with Crippen molar-refractivity contribution >= 4 is 17.6 Å².